The second-order valence-corrected chi connectivity index (χ2v) is 4.43. The summed E-state index contributed by atoms with van der Waals surface area (Å²) in [6.45, 7) is 0.152. The van der Waals surface area contributed by atoms with Crippen LogP contribution in [0, 0.1) is 11.6 Å². The van der Waals surface area contributed by atoms with Crippen molar-refractivity contribution >= 4 is 33.6 Å². The van der Waals surface area contributed by atoms with E-state index in [1.54, 1.807) is 0 Å². The molecule has 0 bridgehead atoms. The molecule has 0 fully saturated rings. The molecule has 0 spiro atoms. The van der Waals surface area contributed by atoms with Gasteiger partial charge in [0.1, 0.15) is 11.6 Å². The molecule has 0 atom stereocenters. The van der Waals surface area contributed by atoms with Crippen LogP contribution < -0.4 is 10.6 Å². The summed E-state index contributed by atoms with van der Waals surface area (Å²) in [6.07, 6.45) is 0.202. The third-order valence-corrected chi connectivity index (χ3v) is 2.85. The average molecular weight is 337 g/mol. The number of urea groups is 1. The van der Waals surface area contributed by atoms with Gasteiger partial charge in [0.15, 0.2) is 0 Å². The number of carboxylic acid groups (broad SMARTS) is 1. The molecule has 0 aliphatic rings. The van der Waals surface area contributed by atoms with Crippen LogP contribution in [-0.2, 0) is 4.79 Å². The molecule has 19 heavy (non-hydrogen) atoms. The Morgan fingerprint density at radius 2 is 1.84 bits per heavy atom. The molecule has 1 aromatic carbocycles. The van der Waals surface area contributed by atoms with Crippen LogP contribution in [0.5, 0.6) is 0 Å². The monoisotopic (exact) mass is 336 g/mol. The van der Waals surface area contributed by atoms with Crippen molar-refractivity contribution in [3.63, 3.8) is 0 Å². The minimum Gasteiger partial charge on any atom is -0.481 e. The second-order valence-electron chi connectivity index (χ2n) is 3.63. The van der Waals surface area contributed by atoms with Crippen molar-refractivity contribution in [2.45, 2.75) is 12.8 Å². The van der Waals surface area contributed by atoms with E-state index in [0.29, 0.717) is 0 Å². The van der Waals surface area contributed by atoms with Gasteiger partial charge in [-0.3, -0.25) is 4.79 Å². The zero-order valence-electron chi connectivity index (χ0n) is 9.67. The standard InChI is InChI=1S/C11H11BrF2N2O3/c12-10-7(13)4-6(5-8(10)14)16-11(19)15-3-1-2-9(17)18/h4-5H,1-3H2,(H,17,18)(H2,15,16,19). The molecule has 3 N–H and O–H groups in total. The van der Waals surface area contributed by atoms with Gasteiger partial charge in [0.2, 0.25) is 0 Å². The molecule has 8 heteroatoms. The Morgan fingerprint density at radius 1 is 1.26 bits per heavy atom. The summed E-state index contributed by atoms with van der Waals surface area (Å²) in [5.41, 5.74) is -0.0334. The van der Waals surface area contributed by atoms with Crippen LogP contribution in [0.4, 0.5) is 19.3 Å². The quantitative estimate of drug-likeness (QED) is 0.571. The van der Waals surface area contributed by atoms with E-state index in [2.05, 4.69) is 26.6 Å². The van der Waals surface area contributed by atoms with Gasteiger partial charge in [0, 0.05) is 18.7 Å². The Balaban J connectivity index is 2.46. The number of anilines is 1. The molecular formula is C11H11BrF2N2O3. The smallest absolute Gasteiger partial charge is 0.319 e. The first-order valence-corrected chi connectivity index (χ1v) is 6.10. The van der Waals surface area contributed by atoms with E-state index in [-0.39, 0.29) is 29.5 Å². The number of carboxylic acids is 1. The van der Waals surface area contributed by atoms with Gasteiger partial charge in [-0.1, -0.05) is 0 Å². The van der Waals surface area contributed by atoms with E-state index in [0.717, 1.165) is 12.1 Å². The first-order valence-electron chi connectivity index (χ1n) is 5.31. The highest BCUT2D eigenvalue weighted by molar-refractivity contribution is 9.10. The number of carbonyl (C=O) groups is 2. The largest absolute Gasteiger partial charge is 0.481 e. The van der Waals surface area contributed by atoms with Gasteiger partial charge >= 0.3 is 12.0 Å². The van der Waals surface area contributed by atoms with Crippen LogP contribution >= 0.6 is 15.9 Å². The average Bonchev–Trinajstić information content (AvgIpc) is 2.31. The molecule has 104 valence electrons. The van der Waals surface area contributed by atoms with E-state index < -0.39 is 23.6 Å². The fourth-order valence-corrected chi connectivity index (χ4v) is 1.47. The second kappa shape index (κ2) is 7.03. The normalized spacial score (nSPS) is 10.1. The molecule has 1 aromatic rings. The lowest BCUT2D eigenvalue weighted by Crippen LogP contribution is -2.29. The summed E-state index contributed by atoms with van der Waals surface area (Å²) in [6, 6.07) is 1.26. The highest BCUT2D eigenvalue weighted by Gasteiger charge is 2.10. The Kier molecular flexibility index (Phi) is 5.68. The maximum absolute atomic E-state index is 13.2. The van der Waals surface area contributed by atoms with Crippen LogP contribution in [0.15, 0.2) is 16.6 Å². The fraction of sp³-hybridized carbons (Fsp3) is 0.273. The van der Waals surface area contributed by atoms with Crippen molar-refractivity contribution in [2.24, 2.45) is 0 Å². The van der Waals surface area contributed by atoms with Gasteiger partial charge in [-0.05, 0) is 34.5 Å². The van der Waals surface area contributed by atoms with Crippen molar-refractivity contribution in [3.8, 4) is 0 Å². The van der Waals surface area contributed by atoms with Crippen molar-refractivity contribution in [3.05, 3.63) is 28.2 Å². The van der Waals surface area contributed by atoms with E-state index in [1.807, 2.05) is 0 Å². The predicted octanol–water partition coefficient (Wildman–Crippen LogP) is 2.71. The van der Waals surface area contributed by atoms with Crippen molar-refractivity contribution in [2.75, 3.05) is 11.9 Å². The number of hydrogen-bond donors (Lipinski definition) is 3. The highest BCUT2D eigenvalue weighted by atomic mass is 79.9. The topological polar surface area (TPSA) is 78.4 Å². The number of amides is 2. The SMILES string of the molecule is O=C(O)CCCNC(=O)Nc1cc(F)c(Br)c(F)c1. The summed E-state index contributed by atoms with van der Waals surface area (Å²) >= 11 is 2.71. The predicted molar refractivity (Wildman–Crippen MR) is 67.9 cm³/mol. The number of halogens is 3. The minimum atomic E-state index is -0.959. The summed E-state index contributed by atoms with van der Waals surface area (Å²) in [5.74, 6) is -2.62. The van der Waals surface area contributed by atoms with Crippen LogP contribution in [0.1, 0.15) is 12.8 Å². The van der Waals surface area contributed by atoms with E-state index in [1.165, 1.54) is 0 Å². The van der Waals surface area contributed by atoms with E-state index >= 15 is 0 Å². The molecule has 0 aromatic heterocycles. The Labute approximate surface area is 116 Å². The molecule has 0 saturated heterocycles. The lowest BCUT2D eigenvalue weighted by Gasteiger charge is -2.08. The summed E-state index contributed by atoms with van der Waals surface area (Å²) in [4.78, 5) is 21.6. The number of aliphatic carboxylic acids is 1. The third-order valence-electron chi connectivity index (χ3n) is 2.09. The van der Waals surface area contributed by atoms with E-state index in [4.69, 9.17) is 5.11 Å². The van der Waals surface area contributed by atoms with E-state index in [9.17, 15) is 18.4 Å². The molecule has 5 nitrogen and oxygen atoms in total. The van der Waals surface area contributed by atoms with Crippen molar-refractivity contribution in [1.29, 1.82) is 0 Å². The molecule has 0 aliphatic heterocycles. The Hall–Kier alpha value is -1.70. The zero-order chi connectivity index (χ0) is 14.4. The number of hydrogen-bond acceptors (Lipinski definition) is 2. The van der Waals surface area contributed by atoms with Gasteiger partial charge < -0.3 is 15.7 Å². The minimum absolute atomic E-state index is 0.0334. The molecule has 0 radical (unpaired) electrons. The van der Waals surface area contributed by atoms with Gasteiger partial charge in [0.05, 0.1) is 4.47 Å². The van der Waals surface area contributed by atoms with Gasteiger partial charge in [-0.15, -0.1) is 0 Å². The van der Waals surface area contributed by atoms with Crippen LogP contribution in [-0.4, -0.2) is 23.7 Å². The summed E-state index contributed by atoms with van der Waals surface area (Å²) < 4.78 is 26.0. The van der Waals surface area contributed by atoms with Crippen LogP contribution in [0.3, 0.4) is 0 Å². The zero-order valence-corrected chi connectivity index (χ0v) is 11.3. The van der Waals surface area contributed by atoms with Crippen molar-refractivity contribution in [1.82, 2.24) is 5.32 Å². The maximum Gasteiger partial charge on any atom is 0.319 e. The van der Waals surface area contributed by atoms with Gasteiger partial charge in [-0.25, -0.2) is 13.6 Å². The molecule has 0 aliphatic carbocycles. The van der Waals surface area contributed by atoms with Crippen LogP contribution in [0.2, 0.25) is 0 Å². The molecule has 1 rings (SSSR count). The molecule has 2 amide bonds. The first-order chi connectivity index (χ1) is 8.90. The number of carbonyl (C=O) groups excluding carboxylic acids is 1. The first kappa shape index (κ1) is 15.4. The van der Waals surface area contributed by atoms with Gasteiger partial charge in [0.25, 0.3) is 0 Å². The lowest BCUT2D eigenvalue weighted by molar-refractivity contribution is -0.137. The molecular weight excluding hydrogens is 326 g/mol. The molecule has 0 unspecified atom stereocenters. The molecule has 0 heterocycles. The fourth-order valence-electron chi connectivity index (χ4n) is 1.24. The maximum atomic E-state index is 13.2. The number of benzene rings is 1. The van der Waals surface area contributed by atoms with Gasteiger partial charge in [-0.2, -0.15) is 0 Å². The summed E-state index contributed by atoms with van der Waals surface area (Å²) in [7, 11) is 0. The summed E-state index contributed by atoms with van der Waals surface area (Å²) in [5, 5.41) is 13.0. The highest BCUT2D eigenvalue weighted by Crippen LogP contribution is 2.23. The number of nitrogens with one attached hydrogen (secondary N) is 2. The van der Waals surface area contributed by atoms with Crippen molar-refractivity contribution < 1.29 is 23.5 Å². The Morgan fingerprint density at radius 3 is 2.37 bits per heavy atom. The number of rotatable bonds is 5. The molecule has 0 saturated carbocycles. The third kappa shape index (κ3) is 5.21. The lowest BCUT2D eigenvalue weighted by atomic mass is 10.3. The Bertz CT molecular complexity index is 474. The van der Waals surface area contributed by atoms with Crippen LogP contribution in [0.25, 0.3) is 0 Å².